The number of rotatable bonds is 9. The number of hydrogen-bond acceptors (Lipinski definition) is 5. The van der Waals surface area contributed by atoms with Crippen molar-refractivity contribution in [3.05, 3.63) is 78.9 Å². The molecule has 0 aliphatic carbocycles. The number of likely N-dealkylation sites (tertiary alicyclic amines) is 1. The Bertz CT molecular complexity index is 1340. The van der Waals surface area contributed by atoms with Crippen LogP contribution in [0.4, 0.5) is 5.69 Å². The fourth-order valence-electron chi connectivity index (χ4n) is 4.77. The number of anilines is 1. The molecule has 7 heteroatoms. The molecule has 0 radical (unpaired) electrons. The molecule has 4 aromatic rings. The molecule has 7 nitrogen and oxygen atoms in total. The van der Waals surface area contributed by atoms with Crippen LogP contribution >= 0.6 is 0 Å². The summed E-state index contributed by atoms with van der Waals surface area (Å²) < 4.78 is 13.3. The maximum atomic E-state index is 11.4. The van der Waals surface area contributed by atoms with Gasteiger partial charge in [0.15, 0.2) is 0 Å². The van der Waals surface area contributed by atoms with Gasteiger partial charge in [0.05, 0.1) is 24.2 Å². The van der Waals surface area contributed by atoms with Crippen LogP contribution in [0, 0.1) is 0 Å². The van der Waals surface area contributed by atoms with Gasteiger partial charge >= 0.3 is 0 Å². The van der Waals surface area contributed by atoms with Crippen molar-refractivity contribution in [3.8, 4) is 39.7 Å². The minimum atomic E-state index is -0.0952. The summed E-state index contributed by atoms with van der Waals surface area (Å²) in [4.78, 5) is 13.9. The zero-order chi connectivity index (χ0) is 26.3. The minimum Gasteiger partial charge on any atom is -0.497 e. The van der Waals surface area contributed by atoms with E-state index in [1.54, 1.807) is 7.11 Å². The molecule has 1 N–H and O–H groups in total. The first-order valence-corrected chi connectivity index (χ1v) is 13.2. The molecule has 196 valence electrons. The van der Waals surface area contributed by atoms with Crippen molar-refractivity contribution >= 4 is 11.6 Å². The predicted octanol–water partition coefficient (Wildman–Crippen LogP) is 6.04. The lowest BCUT2D eigenvalue weighted by Gasteiger charge is -2.26. The molecule has 38 heavy (non-hydrogen) atoms. The van der Waals surface area contributed by atoms with Crippen molar-refractivity contribution in [2.45, 2.75) is 26.2 Å². The SMILES string of the molecule is COc1ccc(-n2nc(-c3ccc(OCCN4CCCCC4)cc3)cc2-c2ccc(NC(C)=O)cc2)cc1. The van der Waals surface area contributed by atoms with Crippen LogP contribution in [0.5, 0.6) is 11.5 Å². The maximum Gasteiger partial charge on any atom is 0.221 e. The lowest BCUT2D eigenvalue weighted by molar-refractivity contribution is -0.114. The second-order valence-corrected chi connectivity index (χ2v) is 9.56. The third-order valence-electron chi connectivity index (χ3n) is 6.80. The zero-order valence-corrected chi connectivity index (χ0v) is 22.0. The van der Waals surface area contributed by atoms with Gasteiger partial charge in [-0.15, -0.1) is 0 Å². The van der Waals surface area contributed by atoms with Crippen LogP contribution in [0.25, 0.3) is 28.2 Å². The molecule has 1 aliphatic rings. The number of aromatic nitrogens is 2. The topological polar surface area (TPSA) is 68.6 Å². The number of ether oxygens (including phenoxy) is 2. The Labute approximate surface area is 224 Å². The Balaban J connectivity index is 1.38. The van der Waals surface area contributed by atoms with Crippen molar-refractivity contribution in [2.75, 3.05) is 38.7 Å². The highest BCUT2D eigenvalue weighted by Crippen LogP contribution is 2.31. The van der Waals surface area contributed by atoms with E-state index in [9.17, 15) is 4.79 Å². The molecule has 0 saturated carbocycles. The molecule has 0 atom stereocenters. The molecule has 3 aromatic carbocycles. The summed E-state index contributed by atoms with van der Waals surface area (Å²) in [6, 6.07) is 25.8. The van der Waals surface area contributed by atoms with Gasteiger partial charge in [0.1, 0.15) is 18.1 Å². The van der Waals surface area contributed by atoms with Crippen LogP contribution in [0.3, 0.4) is 0 Å². The summed E-state index contributed by atoms with van der Waals surface area (Å²) in [7, 11) is 1.66. The smallest absolute Gasteiger partial charge is 0.221 e. The van der Waals surface area contributed by atoms with Gasteiger partial charge in [0, 0.05) is 30.3 Å². The Kier molecular flexibility index (Phi) is 8.04. The largest absolute Gasteiger partial charge is 0.497 e. The number of benzene rings is 3. The van der Waals surface area contributed by atoms with E-state index in [2.05, 4.69) is 28.4 Å². The van der Waals surface area contributed by atoms with Crippen molar-refractivity contribution in [2.24, 2.45) is 0 Å². The Morgan fingerprint density at radius 2 is 1.53 bits per heavy atom. The van der Waals surface area contributed by atoms with Crippen LogP contribution in [0.1, 0.15) is 26.2 Å². The number of nitrogens with zero attached hydrogens (tertiary/aromatic N) is 3. The Morgan fingerprint density at radius 1 is 0.868 bits per heavy atom. The monoisotopic (exact) mass is 510 g/mol. The van der Waals surface area contributed by atoms with Gasteiger partial charge in [-0.3, -0.25) is 9.69 Å². The number of nitrogens with one attached hydrogen (secondary N) is 1. The lowest BCUT2D eigenvalue weighted by Crippen LogP contribution is -2.33. The number of methoxy groups -OCH3 is 1. The summed E-state index contributed by atoms with van der Waals surface area (Å²) in [5, 5.41) is 7.79. The van der Waals surface area contributed by atoms with Gasteiger partial charge in [-0.05, 0) is 92.7 Å². The van der Waals surface area contributed by atoms with Crippen molar-refractivity contribution < 1.29 is 14.3 Å². The highest BCUT2D eigenvalue weighted by molar-refractivity contribution is 5.89. The molecule has 2 heterocycles. The summed E-state index contributed by atoms with van der Waals surface area (Å²) in [6.07, 6.45) is 3.93. The average molecular weight is 511 g/mol. The number of carbonyl (C=O) groups is 1. The summed E-state index contributed by atoms with van der Waals surface area (Å²) >= 11 is 0. The normalized spacial score (nSPS) is 13.7. The Hall–Kier alpha value is -4.10. The molecule has 1 aromatic heterocycles. The lowest BCUT2D eigenvalue weighted by atomic mass is 10.1. The van der Waals surface area contributed by atoms with Crippen LogP contribution in [0.2, 0.25) is 0 Å². The van der Waals surface area contributed by atoms with Gasteiger partial charge in [-0.25, -0.2) is 4.68 Å². The van der Waals surface area contributed by atoms with Crippen molar-refractivity contribution in [1.82, 2.24) is 14.7 Å². The molecule has 1 amide bonds. The molecule has 0 bridgehead atoms. The predicted molar refractivity (Wildman–Crippen MR) is 151 cm³/mol. The van der Waals surface area contributed by atoms with Crippen molar-refractivity contribution in [1.29, 1.82) is 0 Å². The molecule has 1 aliphatic heterocycles. The first-order chi connectivity index (χ1) is 18.6. The van der Waals surface area contributed by atoms with E-state index in [4.69, 9.17) is 14.6 Å². The standard InChI is InChI=1S/C31H34N4O3/c1-23(36)32-26-10-6-25(7-11-26)31-22-30(33-35(31)27-12-16-28(37-2)17-13-27)24-8-14-29(15-9-24)38-21-20-34-18-4-3-5-19-34/h6-17,22H,3-5,18-21H2,1-2H3,(H,32,36). The van der Waals surface area contributed by atoms with Crippen LogP contribution in [-0.4, -0.2) is 53.9 Å². The van der Waals surface area contributed by atoms with Crippen molar-refractivity contribution in [3.63, 3.8) is 0 Å². The van der Waals surface area contributed by atoms with E-state index in [1.807, 2.05) is 65.3 Å². The van der Waals surface area contributed by atoms with E-state index in [-0.39, 0.29) is 5.91 Å². The van der Waals surface area contributed by atoms with E-state index in [0.717, 1.165) is 51.9 Å². The summed E-state index contributed by atoms with van der Waals surface area (Å²) in [6.45, 7) is 5.53. The van der Waals surface area contributed by atoms with Crippen LogP contribution < -0.4 is 14.8 Å². The Morgan fingerprint density at radius 3 is 2.18 bits per heavy atom. The molecule has 0 spiro atoms. The first-order valence-electron chi connectivity index (χ1n) is 13.2. The number of amides is 1. The van der Waals surface area contributed by atoms with E-state index in [1.165, 1.54) is 39.3 Å². The van der Waals surface area contributed by atoms with E-state index < -0.39 is 0 Å². The van der Waals surface area contributed by atoms with E-state index >= 15 is 0 Å². The fourth-order valence-corrected chi connectivity index (χ4v) is 4.77. The summed E-state index contributed by atoms with van der Waals surface area (Å²) in [5.74, 6) is 1.56. The molecule has 1 saturated heterocycles. The van der Waals surface area contributed by atoms with Gasteiger partial charge < -0.3 is 14.8 Å². The summed E-state index contributed by atoms with van der Waals surface area (Å²) in [5.41, 5.74) is 5.50. The van der Waals surface area contributed by atoms with Gasteiger partial charge in [0.25, 0.3) is 0 Å². The molecular formula is C31H34N4O3. The third kappa shape index (κ3) is 6.23. The average Bonchev–Trinajstić information content (AvgIpc) is 3.40. The number of carbonyl (C=O) groups excluding carboxylic acids is 1. The second kappa shape index (κ2) is 12.0. The second-order valence-electron chi connectivity index (χ2n) is 9.56. The fraction of sp³-hybridized carbons (Fsp3) is 0.290. The number of piperidine rings is 1. The van der Waals surface area contributed by atoms with Gasteiger partial charge in [-0.2, -0.15) is 5.10 Å². The highest BCUT2D eigenvalue weighted by atomic mass is 16.5. The van der Waals surface area contributed by atoms with Gasteiger partial charge in [-0.1, -0.05) is 18.6 Å². The molecule has 0 unspecified atom stereocenters. The third-order valence-corrected chi connectivity index (χ3v) is 6.80. The minimum absolute atomic E-state index is 0.0952. The van der Waals surface area contributed by atoms with Crippen LogP contribution in [0.15, 0.2) is 78.9 Å². The maximum absolute atomic E-state index is 11.4. The number of hydrogen-bond donors (Lipinski definition) is 1. The molecule has 1 fully saturated rings. The zero-order valence-electron chi connectivity index (χ0n) is 22.0. The first kappa shape index (κ1) is 25.5. The highest BCUT2D eigenvalue weighted by Gasteiger charge is 2.14. The quantitative estimate of drug-likeness (QED) is 0.297. The molecular weight excluding hydrogens is 476 g/mol. The van der Waals surface area contributed by atoms with Crippen LogP contribution in [-0.2, 0) is 4.79 Å². The van der Waals surface area contributed by atoms with Gasteiger partial charge in [0.2, 0.25) is 5.91 Å². The van der Waals surface area contributed by atoms with E-state index in [0.29, 0.717) is 6.61 Å². The molecule has 5 rings (SSSR count).